The summed E-state index contributed by atoms with van der Waals surface area (Å²) in [5, 5.41) is 0. The Kier molecular flexibility index (Phi) is 5.84. The van der Waals surface area contributed by atoms with Crippen LogP contribution in [0.2, 0.25) is 0 Å². The Hall–Kier alpha value is -1.31. The molecule has 0 aliphatic rings. The van der Waals surface area contributed by atoms with E-state index >= 15 is 0 Å². The molecule has 0 fully saturated rings. The minimum absolute atomic E-state index is 0.162. The maximum atomic E-state index is 4.98. The van der Waals surface area contributed by atoms with Crippen molar-refractivity contribution in [1.82, 2.24) is 0 Å². The molecule has 0 bridgehead atoms. The van der Waals surface area contributed by atoms with Crippen LogP contribution < -0.4 is 0 Å². The van der Waals surface area contributed by atoms with Crippen LogP contribution in [0.1, 0.15) is 56.2 Å². The molecule has 0 atom stereocenters. The van der Waals surface area contributed by atoms with Crippen molar-refractivity contribution < 1.29 is 15.7 Å². The Morgan fingerprint density at radius 1 is 0.810 bits per heavy atom. The average molecular weight is 316 g/mol. The third kappa shape index (κ3) is 4.33. The van der Waals surface area contributed by atoms with Crippen LogP contribution in [0, 0.1) is 0 Å². The first-order valence-electron chi connectivity index (χ1n) is 7.51. The van der Waals surface area contributed by atoms with Crippen LogP contribution in [0.5, 0.6) is 0 Å². The molecule has 0 aromatic heterocycles. The van der Waals surface area contributed by atoms with Gasteiger partial charge in [-0.2, -0.15) is 0 Å². The molecule has 0 radical (unpaired) electrons. The van der Waals surface area contributed by atoms with Crippen LogP contribution in [0.15, 0.2) is 52.3 Å². The summed E-state index contributed by atoms with van der Waals surface area (Å²) in [6.45, 7) is 8.98. The predicted molar refractivity (Wildman–Crippen MR) is 88.3 cm³/mol. The van der Waals surface area contributed by atoms with Gasteiger partial charge in [0, 0.05) is 0 Å². The van der Waals surface area contributed by atoms with E-state index in [0.717, 1.165) is 0 Å². The Bertz CT molecular complexity index is 624. The summed E-state index contributed by atoms with van der Waals surface area (Å²) in [6.07, 6.45) is 0. The number of benzene rings is 2. The molecule has 0 heterocycles. The van der Waals surface area contributed by atoms with Crippen LogP contribution in [-0.4, -0.2) is 4.73 Å². The van der Waals surface area contributed by atoms with Crippen LogP contribution in [0.25, 0.3) is 0 Å². The van der Waals surface area contributed by atoms with Crippen molar-refractivity contribution in [1.29, 1.82) is 0 Å². The second-order valence-electron chi connectivity index (χ2n) is 5.85. The average Bonchev–Trinajstić information content (AvgIpc) is 2.48. The second kappa shape index (κ2) is 7.63. The van der Waals surface area contributed by atoms with Crippen molar-refractivity contribution in [2.24, 2.45) is 3.79 Å². The van der Waals surface area contributed by atoms with Gasteiger partial charge in [0.1, 0.15) is 0 Å². The summed E-state index contributed by atoms with van der Waals surface area (Å²) in [5.74, 6) is 1.03. The molecule has 1 nitrogen and oxygen atoms in total. The van der Waals surface area contributed by atoms with Crippen molar-refractivity contribution in [3.05, 3.63) is 65.2 Å². The van der Waals surface area contributed by atoms with Gasteiger partial charge in [0.2, 0.25) is 0 Å². The van der Waals surface area contributed by atoms with E-state index in [9.17, 15) is 0 Å². The van der Waals surface area contributed by atoms with Gasteiger partial charge >= 0.3 is 135 Å². The Morgan fingerprint density at radius 2 is 1.38 bits per heavy atom. The predicted octanol–water partition coefficient (Wildman–Crippen LogP) is 5.68. The topological polar surface area (TPSA) is 12.4 Å². The molecular weight excluding hydrogens is 293 g/mol. The first-order valence-corrected chi connectivity index (χ1v) is 8.94. The normalized spacial score (nSPS) is 10.6. The Morgan fingerprint density at radius 3 is 1.90 bits per heavy atom. The zero-order valence-electron chi connectivity index (χ0n) is 13.2. The van der Waals surface area contributed by atoms with E-state index < -0.39 is 0 Å². The molecule has 21 heavy (non-hydrogen) atoms. The molecule has 0 saturated heterocycles. The first-order chi connectivity index (χ1) is 10.1. The molecule has 0 amide bonds. The maximum absolute atomic E-state index is 4.98. The molecule has 0 spiro atoms. The fourth-order valence-electron chi connectivity index (χ4n) is 2.32. The standard InChI is InChI=1S/C12H17N.C7H6.V/c1-8(2)10-6-5-7-11(9(3)4)12(10)13;1-7-5-3-2-4-6-7;/h5-9H,1-4H3;1-6H;. The molecular formula is C19H23NV. The van der Waals surface area contributed by atoms with E-state index in [2.05, 4.69) is 81.0 Å². The number of hydrogen-bond acceptors (Lipinski definition) is 1. The van der Waals surface area contributed by atoms with Crippen molar-refractivity contribution in [2.45, 2.75) is 39.5 Å². The fourth-order valence-corrected chi connectivity index (χ4v) is 3.43. The summed E-state index contributed by atoms with van der Waals surface area (Å²) >= 11 is -0.162. The van der Waals surface area contributed by atoms with Gasteiger partial charge in [-0.25, -0.2) is 0 Å². The zero-order chi connectivity index (χ0) is 15.2. The Balaban J connectivity index is 2.44. The molecule has 2 aromatic carbocycles. The van der Waals surface area contributed by atoms with Crippen molar-refractivity contribution in [3.63, 3.8) is 0 Å². The van der Waals surface area contributed by atoms with E-state index in [-0.39, 0.29) is 15.7 Å². The van der Waals surface area contributed by atoms with E-state index in [1.54, 1.807) is 0 Å². The fraction of sp³-hybridized carbons (Fsp3) is 0.316. The van der Waals surface area contributed by atoms with Gasteiger partial charge in [-0.15, -0.1) is 0 Å². The number of hydrogen-bond donors (Lipinski definition) is 0. The molecule has 0 N–H and O–H groups in total. The molecule has 0 saturated carbocycles. The molecule has 0 unspecified atom stereocenters. The molecule has 109 valence electrons. The van der Waals surface area contributed by atoms with Gasteiger partial charge in [-0.1, -0.05) is 0 Å². The van der Waals surface area contributed by atoms with Crippen LogP contribution in [-0.2, 0) is 15.7 Å². The summed E-state index contributed by atoms with van der Waals surface area (Å²) in [5.41, 5.74) is 5.25. The van der Waals surface area contributed by atoms with Crippen LogP contribution in [0.4, 0.5) is 5.69 Å². The van der Waals surface area contributed by atoms with Gasteiger partial charge < -0.3 is 0 Å². The second-order valence-corrected chi connectivity index (χ2v) is 6.93. The van der Waals surface area contributed by atoms with E-state index in [0.29, 0.717) is 11.8 Å². The Labute approximate surface area is 134 Å². The van der Waals surface area contributed by atoms with Crippen LogP contribution >= 0.6 is 0 Å². The number of rotatable bonds is 4. The van der Waals surface area contributed by atoms with E-state index in [1.165, 1.54) is 22.4 Å². The molecule has 0 aliphatic carbocycles. The summed E-state index contributed by atoms with van der Waals surface area (Å²) in [6, 6.07) is 17.1. The van der Waals surface area contributed by atoms with Gasteiger partial charge in [0.25, 0.3) is 0 Å². The SMILES string of the molecule is CC(C)c1cccc(C(C)C)c1[N]=[V]=[CH]c1ccccc1. The molecule has 2 aromatic rings. The van der Waals surface area contributed by atoms with Crippen molar-refractivity contribution in [3.8, 4) is 0 Å². The number of nitrogens with zero attached hydrogens (tertiary/aromatic N) is 1. The summed E-state index contributed by atoms with van der Waals surface area (Å²) in [7, 11) is 0. The third-order valence-electron chi connectivity index (χ3n) is 3.51. The quantitative estimate of drug-likeness (QED) is 0.688. The first kappa shape index (κ1) is 16.1. The monoisotopic (exact) mass is 316 g/mol. The van der Waals surface area contributed by atoms with Gasteiger partial charge in [0.15, 0.2) is 0 Å². The summed E-state index contributed by atoms with van der Waals surface area (Å²) < 4.78 is 7.26. The van der Waals surface area contributed by atoms with Crippen LogP contribution in [0.3, 0.4) is 0 Å². The summed E-state index contributed by atoms with van der Waals surface area (Å²) in [4.78, 5) is 0. The van der Waals surface area contributed by atoms with E-state index in [1.807, 2.05) is 0 Å². The van der Waals surface area contributed by atoms with Gasteiger partial charge in [0.05, 0.1) is 0 Å². The minimum atomic E-state index is -0.162. The van der Waals surface area contributed by atoms with Crippen molar-refractivity contribution >= 4 is 10.4 Å². The van der Waals surface area contributed by atoms with Gasteiger partial charge in [-0.05, 0) is 0 Å². The molecule has 0 aliphatic heterocycles. The zero-order valence-corrected chi connectivity index (χ0v) is 14.6. The third-order valence-corrected chi connectivity index (χ3v) is 4.65. The van der Waals surface area contributed by atoms with E-state index in [4.69, 9.17) is 3.79 Å². The molecule has 2 heteroatoms. The van der Waals surface area contributed by atoms with Crippen molar-refractivity contribution in [2.75, 3.05) is 0 Å². The molecule has 2 rings (SSSR count). The van der Waals surface area contributed by atoms with Gasteiger partial charge in [-0.3, -0.25) is 0 Å².